The molecule has 0 aliphatic heterocycles. The maximum absolute atomic E-state index is 13.1. The van der Waals surface area contributed by atoms with E-state index in [4.69, 9.17) is 4.74 Å². The quantitative estimate of drug-likeness (QED) is 0.429. The second-order valence-electron chi connectivity index (χ2n) is 6.12. The average Bonchev–Trinajstić information content (AvgIpc) is 2.71. The van der Waals surface area contributed by atoms with Gasteiger partial charge in [-0.3, -0.25) is 19.2 Å². The van der Waals surface area contributed by atoms with Gasteiger partial charge in [0.2, 0.25) is 17.6 Å². The summed E-state index contributed by atoms with van der Waals surface area (Å²) < 4.78 is 4.96. The molecule has 0 spiro atoms. The van der Waals surface area contributed by atoms with E-state index < -0.39 is 41.0 Å². The minimum Gasteiger partial charge on any atom is -0.478 e. The molecule has 30 heavy (non-hydrogen) atoms. The van der Waals surface area contributed by atoms with Gasteiger partial charge in [-0.05, 0) is 12.1 Å². The fourth-order valence-corrected chi connectivity index (χ4v) is 2.65. The number of carboxylic acid groups (broad SMARTS) is 1. The number of imide groups is 3. The van der Waals surface area contributed by atoms with Gasteiger partial charge in [-0.25, -0.2) is 14.5 Å². The lowest BCUT2D eigenvalue weighted by molar-refractivity contribution is -0.170. The Morgan fingerprint density at radius 3 is 1.60 bits per heavy atom. The van der Waals surface area contributed by atoms with Crippen molar-refractivity contribution in [2.24, 2.45) is 0 Å². The van der Waals surface area contributed by atoms with Crippen molar-refractivity contribution in [3.63, 3.8) is 0 Å². The summed E-state index contributed by atoms with van der Waals surface area (Å²) in [4.78, 5) is 74.7. The number of carbonyl (C=O) groups excluding carboxylic acids is 5. The average molecular weight is 411 g/mol. The first-order chi connectivity index (χ1) is 14.1. The van der Waals surface area contributed by atoms with Crippen LogP contribution in [0.25, 0.3) is 0 Å². The highest BCUT2D eigenvalue weighted by Crippen LogP contribution is 2.25. The van der Waals surface area contributed by atoms with Crippen molar-refractivity contribution in [1.29, 1.82) is 0 Å². The maximum atomic E-state index is 13.1. The lowest BCUT2D eigenvalue weighted by atomic mass is 9.90. The SMILES string of the molecule is CC(=O)N(C(C)=O)C(=O)C(OC(=O)c1ccccc1)(C(=O)O)C(=O)c1ccccc1. The maximum Gasteiger partial charge on any atom is 0.366 e. The number of nitrogens with zero attached hydrogens (tertiary/aromatic N) is 1. The van der Waals surface area contributed by atoms with E-state index in [1.165, 1.54) is 54.6 Å². The Kier molecular flexibility index (Phi) is 6.58. The summed E-state index contributed by atoms with van der Waals surface area (Å²) in [7, 11) is 0. The van der Waals surface area contributed by atoms with E-state index in [0.717, 1.165) is 13.8 Å². The van der Waals surface area contributed by atoms with Gasteiger partial charge in [0.15, 0.2) is 0 Å². The van der Waals surface area contributed by atoms with Gasteiger partial charge in [0.25, 0.3) is 0 Å². The third kappa shape index (κ3) is 4.14. The van der Waals surface area contributed by atoms with Crippen LogP contribution in [0.15, 0.2) is 60.7 Å². The molecule has 2 aromatic rings. The Morgan fingerprint density at radius 1 is 0.767 bits per heavy atom. The normalized spacial score (nSPS) is 12.2. The Hall–Kier alpha value is -4.14. The van der Waals surface area contributed by atoms with Gasteiger partial charge in [0.1, 0.15) is 0 Å². The molecule has 0 aliphatic carbocycles. The molecule has 0 saturated heterocycles. The number of rotatable bonds is 6. The topological polar surface area (TPSA) is 135 Å². The molecule has 0 radical (unpaired) electrons. The summed E-state index contributed by atoms with van der Waals surface area (Å²) in [6.07, 6.45) is 0. The Labute approximate surface area is 170 Å². The van der Waals surface area contributed by atoms with Crippen molar-refractivity contribution in [2.45, 2.75) is 19.4 Å². The number of esters is 1. The van der Waals surface area contributed by atoms with Crippen molar-refractivity contribution in [3.8, 4) is 0 Å². The zero-order valence-electron chi connectivity index (χ0n) is 16.0. The van der Waals surface area contributed by atoms with E-state index in [0.29, 0.717) is 0 Å². The van der Waals surface area contributed by atoms with Crippen molar-refractivity contribution < 1.29 is 38.6 Å². The predicted octanol–water partition coefficient (Wildman–Crippen LogP) is 1.47. The lowest BCUT2D eigenvalue weighted by Crippen LogP contribution is -2.63. The second kappa shape index (κ2) is 8.91. The van der Waals surface area contributed by atoms with Gasteiger partial charge in [0.05, 0.1) is 5.56 Å². The molecule has 1 unspecified atom stereocenters. The van der Waals surface area contributed by atoms with Crippen molar-refractivity contribution >= 4 is 35.4 Å². The highest BCUT2D eigenvalue weighted by atomic mass is 16.6. The Morgan fingerprint density at radius 2 is 1.20 bits per heavy atom. The summed E-state index contributed by atoms with van der Waals surface area (Å²) >= 11 is 0. The molecule has 2 aromatic carbocycles. The number of Topliss-reactive ketones (excluding diaryl/α,β-unsaturated/α-hetero) is 1. The van der Waals surface area contributed by atoms with Crippen molar-refractivity contribution in [3.05, 3.63) is 71.8 Å². The van der Waals surface area contributed by atoms with E-state index in [2.05, 4.69) is 0 Å². The summed E-state index contributed by atoms with van der Waals surface area (Å²) in [6.45, 7) is 1.66. The lowest BCUT2D eigenvalue weighted by Gasteiger charge is -2.30. The first-order valence-electron chi connectivity index (χ1n) is 8.60. The number of aliphatic carboxylic acids is 1. The van der Waals surface area contributed by atoms with E-state index in [1.807, 2.05) is 0 Å². The number of ether oxygens (including phenoxy) is 1. The number of ketones is 1. The largest absolute Gasteiger partial charge is 0.478 e. The fourth-order valence-electron chi connectivity index (χ4n) is 2.65. The molecule has 0 saturated carbocycles. The van der Waals surface area contributed by atoms with Crippen LogP contribution in [0, 0.1) is 0 Å². The number of benzene rings is 2. The zero-order chi connectivity index (χ0) is 22.5. The van der Waals surface area contributed by atoms with E-state index in [1.54, 1.807) is 6.07 Å². The smallest absolute Gasteiger partial charge is 0.366 e. The molecule has 0 heterocycles. The number of hydrogen-bond acceptors (Lipinski definition) is 7. The predicted molar refractivity (Wildman–Crippen MR) is 101 cm³/mol. The molecule has 1 atom stereocenters. The molecular weight excluding hydrogens is 394 g/mol. The number of carbonyl (C=O) groups is 6. The van der Waals surface area contributed by atoms with Crippen LogP contribution in [0.2, 0.25) is 0 Å². The molecule has 0 bridgehead atoms. The standard InChI is InChI=1S/C21H17NO8/c1-13(23)22(14(2)24)19(27)21(20(28)29,17(25)15-9-5-3-6-10-15)30-18(26)16-11-7-4-8-12-16/h3-12H,1-2H3,(H,28,29). The third-order valence-electron chi connectivity index (χ3n) is 4.05. The van der Waals surface area contributed by atoms with E-state index >= 15 is 0 Å². The molecule has 0 fully saturated rings. The van der Waals surface area contributed by atoms with Crippen LogP contribution in [0.5, 0.6) is 0 Å². The molecule has 9 heteroatoms. The van der Waals surface area contributed by atoms with Gasteiger partial charge < -0.3 is 9.84 Å². The van der Waals surface area contributed by atoms with Crippen LogP contribution in [0.4, 0.5) is 0 Å². The first-order valence-corrected chi connectivity index (χ1v) is 8.60. The van der Waals surface area contributed by atoms with Crippen LogP contribution in [0.3, 0.4) is 0 Å². The fraction of sp³-hybridized carbons (Fsp3) is 0.143. The number of hydrogen-bond donors (Lipinski definition) is 1. The molecular formula is C21H17NO8. The minimum absolute atomic E-state index is 0.0484. The second-order valence-corrected chi connectivity index (χ2v) is 6.12. The van der Waals surface area contributed by atoms with E-state index in [9.17, 15) is 33.9 Å². The van der Waals surface area contributed by atoms with Crippen LogP contribution >= 0.6 is 0 Å². The van der Waals surface area contributed by atoms with Crippen molar-refractivity contribution in [1.82, 2.24) is 4.90 Å². The van der Waals surface area contributed by atoms with Gasteiger partial charge >= 0.3 is 23.4 Å². The van der Waals surface area contributed by atoms with E-state index in [-0.39, 0.29) is 16.0 Å². The minimum atomic E-state index is -3.49. The molecule has 0 aromatic heterocycles. The Bertz CT molecular complexity index is 1000. The zero-order valence-corrected chi connectivity index (χ0v) is 16.0. The monoisotopic (exact) mass is 411 g/mol. The van der Waals surface area contributed by atoms with Gasteiger partial charge in [-0.2, -0.15) is 0 Å². The molecule has 9 nitrogen and oxygen atoms in total. The third-order valence-corrected chi connectivity index (χ3v) is 4.05. The van der Waals surface area contributed by atoms with Gasteiger partial charge in [-0.15, -0.1) is 0 Å². The summed E-state index contributed by atoms with van der Waals surface area (Å²) in [5.41, 5.74) is -3.92. The molecule has 0 aliphatic rings. The first kappa shape index (κ1) is 22.2. The molecule has 2 rings (SSSR count). The summed E-state index contributed by atoms with van der Waals surface area (Å²) in [6, 6.07) is 13.8. The van der Waals surface area contributed by atoms with Crippen LogP contribution in [-0.2, 0) is 23.9 Å². The summed E-state index contributed by atoms with van der Waals surface area (Å²) in [5.74, 6) is -8.96. The Balaban J connectivity index is 2.70. The highest BCUT2D eigenvalue weighted by molar-refractivity contribution is 6.34. The van der Waals surface area contributed by atoms with Gasteiger partial charge in [0, 0.05) is 19.4 Å². The highest BCUT2D eigenvalue weighted by Gasteiger charge is 2.60. The van der Waals surface area contributed by atoms with Crippen LogP contribution < -0.4 is 0 Å². The molecule has 154 valence electrons. The molecule has 3 amide bonds. The van der Waals surface area contributed by atoms with Gasteiger partial charge in [-0.1, -0.05) is 48.5 Å². The summed E-state index contributed by atoms with van der Waals surface area (Å²) in [5, 5.41) is 9.87. The number of amides is 3. The van der Waals surface area contributed by atoms with Crippen molar-refractivity contribution in [2.75, 3.05) is 0 Å². The van der Waals surface area contributed by atoms with Crippen LogP contribution in [0.1, 0.15) is 34.6 Å². The molecule has 1 N–H and O–H groups in total. The number of carboxylic acids is 1. The van der Waals surface area contributed by atoms with Crippen LogP contribution in [-0.4, -0.2) is 51.1 Å².